The van der Waals surface area contributed by atoms with Gasteiger partial charge in [0.15, 0.2) is 0 Å². The molecule has 2 aromatic rings. The zero-order valence-electron chi connectivity index (χ0n) is 13.5. The predicted octanol–water partition coefficient (Wildman–Crippen LogP) is 2.75. The molecule has 0 bridgehead atoms. The molecule has 1 amide bonds. The van der Waals surface area contributed by atoms with Crippen LogP contribution in [-0.2, 0) is 4.79 Å². The number of hydrogen-bond acceptors (Lipinski definition) is 4. The van der Waals surface area contributed by atoms with E-state index in [4.69, 9.17) is 4.98 Å². The first kappa shape index (κ1) is 14.4. The summed E-state index contributed by atoms with van der Waals surface area (Å²) in [6, 6.07) is 8.31. The Hall–Kier alpha value is -2.17. The third-order valence-electron chi connectivity index (χ3n) is 4.82. The van der Waals surface area contributed by atoms with E-state index in [0.29, 0.717) is 17.9 Å². The van der Waals surface area contributed by atoms with E-state index in [1.807, 2.05) is 36.1 Å². The fraction of sp³-hybridized carbons (Fsp3) is 0.500. The Morgan fingerprint density at radius 1 is 1.09 bits per heavy atom. The van der Waals surface area contributed by atoms with Crippen LogP contribution in [0.15, 0.2) is 24.3 Å². The van der Waals surface area contributed by atoms with E-state index in [1.165, 1.54) is 0 Å². The van der Waals surface area contributed by atoms with Gasteiger partial charge >= 0.3 is 0 Å². The number of carbonyl (C=O) groups is 1. The van der Waals surface area contributed by atoms with Gasteiger partial charge in [0.2, 0.25) is 5.91 Å². The van der Waals surface area contributed by atoms with E-state index in [0.717, 1.165) is 61.3 Å². The number of hydrogen-bond donors (Lipinski definition) is 1. The van der Waals surface area contributed by atoms with Crippen molar-refractivity contribution in [1.82, 2.24) is 14.9 Å². The third kappa shape index (κ3) is 3.00. The summed E-state index contributed by atoms with van der Waals surface area (Å²) in [7, 11) is 0. The third-order valence-corrected chi connectivity index (χ3v) is 4.82. The molecule has 0 unspecified atom stereocenters. The summed E-state index contributed by atoms with van der Waals surface area (Å²) in [6.45, 7) is 3.70. The van der Waals surface area contributed by atoms with E-state index in [2.05, 4.69) is 10.3 Å². The molecule has 1 aliphatic carbocycles. The van der Waals surface area contributed by atoms with Crippen molar-refractivity contribution in [2.45, 2.75) is 38.6 Å². The Balaban J connectivity index is 1.42. The SMILES string of the molecule is Cc1nc2ccccc2nc1NC1CCN(C(=O)C2CC2)CC1. The van der Waals surface area contributed by atoms with Crippen molar-refractivity contribution in [1.29, 1.82) is 0 Å². The van der Waals surface area contributed by atoms with E-state index >= 15 is 0 Å². The van der Waals surface area contributed by atoms with Crippen LogP contribution in [0.2, 0.25) is 0 Å². The number of benzene rings is 1. The first-order chi connectivity index (χ1) is 11.2. The molecule has 0 atom stereocenters. The van der Waals surface area contributed by atoms with E-state index < -0.39 is 0 Å². The van der Waals surface area contributed by atoms with Gasteiger partial charge in [-0.15, -0.1) is 0 Å². The van der Waals surface area contributed by atoms with Crippen LogP contribution in [0.1, 0.15) is 31.4 Å². The minimum absolute atomic E-state index is 0.327. The molecule has 5 heteroatoms. The summed E-state index contributed by atoms with van der Waals surface area (Å²) >= 11 is 0. The highest BCUT2D eigenvalue weighted by Crippen LogP contribution is 2.32. The van der Waals surface area contributed by atoms with Gasteiger partial charge in [-0.2, -0.15) is 0 Å². The zero-order chi connectivity index (χ0) is 15.8. The first-order valence-electron chi connectivity index (χ1n) is 8.49. The lowest BCUT2D eigenvalue weighted by Gasteiger charge is -2.33. The smallest absolute Gasteiger partial charge is 0.225 e. The lowest BCUT2D eigenvalue weighted by atomic mass is 10.0. The number of nitrogens with zero attached hydrogens (tertiary/aromatic N) is 3. The predicted molar refractivity (Wildman–Crippen MR) is 90.2 cm³/mol. The number of carbonyl (C=O) groups excluding carboxylic acids is 1. The highest BCUT2D eigenvalue weighted by atomic mass is 16.2. The summed E-state index contributed by atoms with van der Waals surface area (Å²) in [4.78, 5) is 23.5. The highest BCUT2D eigenvalue weighted by molar-refractivity contribution is 5.81. The standard InChI is InChI=1S/C18H22N4O/c1-12-17(21-16-5-3-2-4-15(16)19-12)20-14-8-10-22(11-9-14)18(23)13-6-7-13/h2-5,13-14H,6-11H2,1H3,(H,20,21). The number of nitrogens with one attached hydrogen (secondary N) is 1. The second-order valence-electron chi connectivity index (χ2n) is 6.66. The molecule has 1 aromatic heterocycles. The van der Waals surface area contributed by atoms with Crippen LogP contribution < -0.4 is 5.32 Å². The Labute approximate surface area is 136 Å². The Morgan fingerprint density at radius 3 is 2.39 bits per heavy atom. The number of anilines is 1. The van der Waals surface area contributed by atoms with Crippen molar-refractivity contribution >= 4 is 22.8 Å². The average molecular weight is 310 g/mol. The van der Waals surface area contributed by atoms with Gasteiger partial charge in [0.1, 0.15) is 5.82 Å². The number of rotatable bonds is 3. The number of piperidine rings is 1. The van der Waals surface area contributed by atoms with E-state index in [9.17, 15) is 4.79 Å². The molecular weight excluding hydrogens is 288 g/mol. The normalized spacial score (nSPS) is 19.1. The zero-order valence-corrected chi connectivity index (χ0v) is 13.5. The summed E-state index contributed by atoms with van der Waals surface area (Å²) < 4.78 is 0. The molecule has 1 aromatic carbocycles. The Kier molecular flexibility index (Phi) is 3.63. The fourth-order valence-electron chi connectivity index (χ4n) is 3.25. The van der Waals surface area contributed by atoms with Gasteiger partial charge in [-0.05, 0) is 44.7 Å². The molecule has 5 nitrogen and oxygen atoms in total. The molecule has 2 aliphatic rings. The number of para-hydroxylation sites is 2. The van der Waals surface area contributed by atoms with Gasteiger partial charge in [-0.3, -0.25) is 4.79 Å². The van der Waals surface area contributed by atoms with E-state index in [1.54, 1.807) is 0 Å². The maximum absolute atomic E-state index is 12.1. The summed E-state index contributed by atoms with van der Waals surface area (Å²) in [6.07, 6.45) is 4.13. The van der Waals surface area contributed by atoms with Crippen molar-refractivity contribution < 1.29 is 4.79 Å². The Morgan fingerprint density at radius 2 is 1.74 bits per heavy atom. The number of amides is 1. The molecule has 2 heterocycles. The Bertz CT molecular complexity index is 733. The van der Waals surface area contributed by atoms with Gasteiger partial charge in [0.25, 0.3) is 0 Å². The van der Waals surface area contributed by atoms with Crippen molar-refractivity contribution in [2.75, 3.05) is 18.4 Å². The van der Waals surface area contributed by atoms with Gasteiger partial charge in [0, 0.05) is 25.0 Å². The molecule has 1 aliphatic heterocycles. The van der Waals surface area contributed by atoms with Crippen molar-refractivity contribution in [3.05, 3.63) is 30.0 Å². The van der Waals surface area contributed by atoms with Crippen molar-refractivity contribution in [3.8, 4) is 0 Å². The second kappa shape index (κ2) is 5.80. The van der Waals surface area contributed by atoms with E-state index in [-0.39, 0.29) is 0 Å². The quantitative estimate of drug-likeness (QED) is 0.947. The van der Waals surface area contributed by atoms with Crippen LogP contribution in [-0.4, -0.2) is 39.9 Å². The molecule has 120 valence electrons. The van der Waals surface area contributed by atoms with Crippen LogP contribution in [0.25, 0.3) is 11.0 Å². The van der Waals surface area contributed by atoms with Crippen LogP contribution >= 0.6 is 0 Å². The molecule has 1 saturated carbocycles. The second-order valence-corrected chi connectivity index (χ2v) is 6.66. The molecule has 1 N–H and O–H groups in total. The molecule has 2 fully saturated rings. The van der Waals surface area contributed by atoms with Gasteiger partial charge in [-0.25, -0.2) is 9.97 Å². The monoisotopic (exact) mass is 310 g/mol. The van der Waals surface area contributed by atoms with Crippen LogP contribution in [0.4, 0.5) is 5.82 Å². The first-order valence-corrected chi connectivity index (χ1v) is 8.49. The van der Waals surface area contributed by atoms with Gasteiger partial charge in [0.05, 0.1) is 16.7 Å². The molecule has 4 rings (SSSR count). The van der Waals surface area contributed by atoms with Crippen LogP contribution in [0.5, 0.6) is 0 Å². The number of fused-ring (bicyclic) bond motifs is 1. The fourth-order valence-corrected chi connectivity index (χ4v) is 3.25. The van der Waals surface area contributed by atoms with Crippen LogP contribution in [0.3, 0.4) is 0 Å². The van der Waals surface area contributed by atoms with Gasteiger partial charge < -0.3 is 10.2 Å². The van der Waals surface area contributed by atoms with Crippen molar-refractivity contribution in [2.24, 2.45) is 5.92 Å². The maximum Gasteiger partial charge on any atom is 0.225 e. The maximum atomic E-state index is 12.1. The largest absolute Gasteiger partial charge is 0.366 e. The molecule has 0 radical (unpaired) electrons. The molecular formula is C18H22N4O. The average Bonchev–Trinajstić information content (AvgIpc) is 3.40. The topological polar surface area (TPSA) is 58.1 Å². The van der Waals surface area contributed by atoms with Crippen LogP contribution in [0, 0.1) is 12.8 Å². The van der Waals surface area contributed by atoms with Gasteiger partial charge in [-0.1, -0.05) is 12.1 Å². The number of aryl methyl sites for hydroxylation is 1. The lowest BCUT2D eigenvalue weighted by molar-refractivity contribution is -0.133. The minimum Gasteiger partial charge on any atom is -0.366 e. The minimum atomic E-state index is 0.327. The molecule has 0 spiro atoms. The summed E-state index contributed by atoms with van der Waals surface area (Å²) in [5.74, 6) is 1.56. The highest BCUT2D eigenvalue weighted by Gasteiger charge is 2.34. The summed E-state index contributed by atoms with van der Waals surface area (Å²) in [5, 5.41) is 3.53. The molecule has 23 heavy (non-hydrogen) atoms. The molecule has 1 saturated heterocycles. The van der Waals surface area contributed by atoms with Crippen molar-refractivity contribution in [3.63, 3.8) is 0 Å². The number of likely N-dealkylation sites (tertiary alicyclic amines) is 1. The number of aromatic nitrogens is 2. The lowest BCUT2D eigenvalue weighted by Crippen LogP contribution is -2.43. The summed E-state index contributed by atoms with van der Waals surface area (Å²) in [5.41, 5.74) is 2.78.